The lowest BCUT2D eigenvalue weighted by Crippen LogP contribution is -2.47. The van der Waals surface area contributed by atoms with Crippen molar-refractivity contribution in [3.05, 3.63) is 0 Å². The highest BCUT2D eigenvalue weighted by molar-refractivity contribution is 5.69. The molecular formula is C12H26NO3+. The van der Waals surface area contributed by atoms with E-state index in [-0.39, 0.29) is 5.97 Å². The molecule has 0 amide bonds. The van der Waals surface area contributed by atoms with Gasteiger partial charge in [-0.15, -0.1) is 0 Å². The van der Waals surface area contributed by atoms with Crippen molar-refractivity contribution in [3.63, 3.8) is 0 Å². The van der Waals surface area contributed by atoms with Gasteiger partial charge in [0.05, 0.1) is 13.7 Å². The topological polar surface area (TPSA) is 35.5 Å². The molecule has 0 fully saturated rings. The molecule has 16 heavy (non-hydrogen) atoms. The first-order chi connectivity index (χ1) is 7.64. The van der Waals surface area contributed by atoms with E-state index >= 15 is 0 Å². The van der Waals surface area contributed by atoms with Crippen molar-refractivity contribution in [1.82, 2.24) is 0 Å². The minimum absolute atomic E-state index is 0.0917. The average molecular weight is 232 g/mol. The molecule has 0 atom stereocenters. The smallest absolute Gasteiger partial charge is 0.305 e. The van der Waals surface area contributed by atoms with Crippen LogP contribution in [0.3, 0.4) is 0 Å². The van der Waals surface area contributed by atoms with Crippen molar-refractivity contribution in [1.29, 1.82) is 0 Å². The first-order valence-corrected chi connectivity index (χ1v) is 6.21. The van der Waals surface area contributed by atoms with E-state index in [0.717, 1.165) is 32.5 Å². The highest BCUT2D eigenvalue weighted by Crippen LogP contribution is 2.10. The number of nitrogens with zero attached hydrogens (tertiary/aromatic N) is 1. The maximum absolute atomic E-state index is 11.1. The van der Waals surface area contributed by atoms with Crippen molar-refractivity contribution < 1.29 is 19.0 Å². The van der Waals surface area contributed by atoms with Crippen molar-refractivity contribution in [2.75, 3.05) is 33.4 Å². The zero-order chi connectivity index (χ0) is 12.4. The quantitative estimate of drug-likeness (QED) is 0.264. The molecule has 0 rings (SSSR count). The standard InChI is InChI=1S/C12H26NO3/c1-5-13(6-2,15-4)11-9-8-10-12(14)16-7-3/h5-11H2,1-4H3/q+1. The largest absolute Gasteiger partial charge is 0.466 e. The van der Waals surface area contributed by atoms with E-state index in [2.05, 4.69) is 13.8 Å². The van der Waals surface area contributed by atoms with Gasteiger partial charge in [-0.1, -0.05) is 0 Å². The van der Waals surface area contributed by atoms with Crippen LogP contribution in [-0.2, 0) is 14.4 Å². The minimum atomic E-state index is -0.0917. The summed E-state index contributed by atoms with van der Waals surface area (Å²) in [5.74, 6) is -0.0917. The van der Waals surface area contributed by atoms with Crippen molar-refractivity contribution in [2.24, 2.45) is 0 Å². The van der Waals surface area contributed by atoms with Gasteiger partial charge in [0, 0.05) is 12.8 Å². The lowest BCUT2D eigenvalue weighted by atomic mass is 10.2. The third kappa shape index (κ3) is 5.47. The van der Waals surface area contributed by atoms with Crippen LogP contribution in [0, 0.1) is 0 Å². The molecule has 0 unspecified atom stereocenters. The number of unbranched alkanes of at least 4 members (excludes halogenated alkanes) is 1. The Balaban J connectivity index is 3.74. The molecule has 96 valence electrons. The lowest BCUT2D eigenvalue weighted by molar-refractivity contribution is -1.10. The van der Waals surface area contributed by atoms with E-state index in [1.165, 1.54) is 0 Å². The van der Waals surface area contributed by atoms with Crippen LogP contribution in [0.25, 0.3) is 0 Å². The van der Waals surface area contributed by atoms with Crippen molar-refractivity contribution >= 4 is 5.97 Å². The first-order valence-electron chi connectivity index (χ1n) is 6.21. The zero-order valence-electron chi connectivity index (χ0n) is 11.1. The molecular weight excluding hydrogens is 206 g/mol. The third-order valence-electron chi connectivity index (χ3n) is 3.04. The van der Waals surface area contributed by atoms with Gasteiger partial charge in [0.15, 0.2) is 0 Å². The number of hydrogen-bond donors (Lipinski definition) is 0. The Hall–Kier alpha value is -0.610. The lowest BCUT2D eigenvalue weighted by Gasteiger charge is -2.32. The molecule has 0 spiro atoms. The van der Waals surface area contributed by atoms with E-state index in [1.54, 1.807) is 7.11 Å². The summed E-state index contributed by atoms with van der Waals surface area (Å²) in [6.07, 6.45) is 2.39. The molecule has 0 saturated heterocycles. The number of ether oxygens (including phenoxy) is 1. The van der Waals surface area contributed by atoms with E-state index in [9.17, 15) is 4.79 Å². The SMILES string of the molecule is CCOC(=O)CCCC[N+](CC)(CC)OC. The molecule has 0 heterocycles. The normalized spacial score (nSPS) is 11.5. The predicted molar refractivity (Wildman–Crippen MR) is 63.7 cm³/mol. The average Bonchev–Trinajstić information content (AvgIpc) is 2.31. The Kier molecular flexibility index (Phi) is 8.21. The second-order valence-electron chi connectivity index (χ2n) is 3.86. The van der Waals surface area contributed by atoms with Crippen molar-refractivity contribution in [2.45, 2.75) is 40.0 Å². The summed E-state index contributed by atoms with van der Waals surface area (Å²) in [6, 6.07) is 0. The molecule has 0 aliphatic heterocycles. The molecule has 0 aromatic heterocycles. The summed E-state index contributed by atoms with van der Waals surface area (Å²) in [5.41, 5.74) is 0. The van der Waals surface area contributed by atoms with Gasteiger partial charge in [0.25, 0.3) is 0 Å². The predicted octanol–water partition coefficient (Wildman–Crippen LogP) is 2.14. The Bertz CT molecular complexity index is 182. The number of esters is 1. The van der Waals surface area contributed by atoms with E-state index in [0.29, 0.717) is 17.7 Å². The Morgan fingerprint density at radius 1 is 1.12 bits per heavy atom. The highest BCUT2D eigenvalue weighted by Gasteiger charge is 2.22. The number of hydrogen-bond acceptors (Lipinski definition) is 3. The van der Waals surface area contributed by atoms with Crippen LogP contribution < -0.4 is 0 Å². The summed E-state index contributed by atoms with van der Waals surface area (Å²) in [4.78, 5) is 16.6. The van der Waals surface area contributed by atoms with Gasteiger partial charge in [-0.2, -0.15) is 4.65 Å². The summed E-state index contributed by atoms with van der Waals surface area (Å²) in [5, 5.41) is 0. The number of rotatable bonds is 9. The number of carbonyl (C=O) groups is 1. The van der Waals surface area contributed by atoms with Crippen molar-refractivity contribution in [3.8, 4) is 0 Å². The fraction of sp³-hybridized carbons (Fsp3) is 0.917. The summed E-state index contributed by atoms with van der Waals surface area (Å²) in [6.45, 7) is 9.44. The number of quaternary nitrogens is 1. The Labute approximate surface area is 99.1 Å². The molecule has 0 N–H and O–H groups in total. The molecule has 0 aromatic rings. The molecule has 0 saturated carbocycles. The molecule has 0 aliphatic rings. The fourth-order valence-corrected chi connectivity index (χ4v) is 1.79. The molecule has 0 bridgehead atoms. The number of hydroxylamine groups is 3. The second-order valence-corrected chi connectivity index (χ2v) is 3.86. The van der Waals surface area contributed by atoms with E-state index in [1.807, 2.05) is 6.92 Å². The third-order valence-corrected chi connectivity index (χ3v) is 3.04. The van der Waals surface area contributed by atoms with Crippen LogP contribution >= 0.6 is 0 Å². The number of carbonyl (C=O) groups excluding carboxylic acids is 1. The summed E-state index contributed by atoms with van der Waals surface area (Å²) in [7, 11) is 1.75. The van der Waals surface area contributed by atoms with E-state index in [4.69, 9.17) is 9.57 Å². The maximum atomic E-state index is 11.1. The van der Waals surface area contributed by atoms with Crippen LogP contribution in [0.2, 0.25) is 0 Å². The Morgan fingerprint density at radius 2 is 1.75 bits per heavy atom. The van der Waals surface area contributed by atoms with Gasteiger partial charge in [-0.25, -0.2) is 4.84 Å². The van der Waals surface area contributed by atoms with Crippen LogP contribution in [0.5, 0.6) is 0 Å². The van der Waals surface area contributed by atoms with Gasteiger partial charge < -0.3 is 4.74 Å². The molecule has 0 radical (unpaired) electrons. The second kappa shape index (κ2) is 8.53. The summed E-state index contributed by atoms with van der Waals surface area (Å²) >= 11 is 0. The zero-order valence-corrected chi connectivity index (χ0v) is 11.1. The van der Waals surface area contributed by atoms with Gasteiger partial charge in [-0.05, 0) is 27.2 Å². The maximum Gasteiger partial charge on any atom is 0.305 e. The van der Waals surface area contributed by atoms with Crippen LogP contribution in [0.4, 0.5) is 0 Å². The molecule has 0 aliphatic carbocycles. The fourth-order valence-electron chi connectivity index (χ4n) is 1.79. The molecule has 0 aromatic carbocycles. The minimum Gasteiger partial charge on any atom is -0.466 e. The van der Waals surface area contributed by atoms with Crippen LogP contribution in [-0.4, -0.2) is 44.0 Å². The Morgan fingerprint density at radius 3 is 2.19 bits per heavy atom. The highest BCUT2D eigenvalue weighted by atomic mass is 16.7. The van der Waals surface area contributed by atoms with Gasteiger partial charge in [0.2, 0.25) is 0 Å². The monoisotopic (exact) mass is 232 g/mol. The summed E-state index contributed by atoms with van der Waals surface area (Å²) < 4.78 is 5.55. The molecule has 4 nitrogen and oxygen atoms in total. The van der Waals surface area contributed by atoms with E-state index < -0.39 is 0 Å². The molecule has 4 heteroatoms. The first kappa shape index (κ1) is 15.4. The van der Waals surface area contributed by atoms with Crippen LogP contribution in [0.15, 0.2) is 0 Å². The van der Waals surface area contributed by atoms with Gasteiger partial charge in [0.1, 0.15) is 19.6 Å². The van der Waals surface area contributed by atoms with Gasteiger partial charge >= 0.3 is 5.97 Å². The van der Waals surface area contributed by atoms with Crippen LogP contribution in [0.1, 0.15) is 40.0 Å². The van der Waals surface area contributed by atoms with Gasteiger partial charge in [-0.3, -0.25) is 4.79 Å².